The van der Waals surface area contributed by atoms with Crippen LogP contribution in [0.15, 0.2) is 10.5 Å². The van der Waals surface area contributed by atoms with Gasteiger partial charge in [-0.05, 0) is 38.0 Å². The van der Waals surface area contributed by atoms with Crippen LogP contribution in [0.1, 0.15) is 29.7 Å². The van der Waals surface area contributed by atoms with E-state index >= 15 is 0 Å². The molecule has 0 spiro atoms. The highest BCUT2D eigenvalue weighted by Crippen LogP contribution is 2.35. The molecule has 1 aromatic carbocycles. The van der Waals surface area contributed by atoms with E-state index in [2.05, 4.69) is 15.9 Å². The molecule has 0 fully saturated rings. The first-order chi connectivity index (χ1) is 6.49. The van der Waals surface area contributed by atoms with Crippen molar-refractivity contribution in [3.8, 4) is 5.75 Å². The molecule has 1 N–H and O–H groups in total. The first-order valence-corrected chi connectivity index (χ1v) is 5.30. The van der Waals surface area contributed by atoms with Crippen molar-refractivity contribution in [3.63, 3.8) is 0 Å². The predicted octanol–water partition coefficient (Wildman–Crippen LogP) is 3.13. The zero-order valence-electron chi connectivity index (χ0n) is 8.89. The van der Waals surface area contributed by atoms with Crippen LogP contribution in [-0.4, -0.2) is 12.2 Å². The second kappa shape index (κ2) is 4.32. The van der Waals surface area contributed by atoms with E-state index in [-0.39, 0.29) is 0 Å². The highest BCUT2D eigenvalue weighted by atomic mass is 79.9. The summed E-state index contributed by atoms with van der Waals surface area (Å²) in [6.07, 6.45) is -0.513. The highest BCUT2D eigenvalue weighted by Gasteiger charge is 2.16. The minimum Gasteiger partial charge on any atom is -0.496 e. The van der Waals surface area contributed by atoms with Gasteiger partial charge in [0.05, 0.1) is 13.2 Å². The van der Waals surface area contributed by atoms with Gasteiger partial charge in [0.25, 0.3) is 0 Å². The molecule has 0 bridgehead atoms. The lowest BCUT2D eigenvalue weighted by atomic mass is 10.00. The summed E-state index contributed by atoms with van der Waals surface area (Å²) in [5.41, 5.74) is 2.92. The van der Waals surface area contributed by atoms with Crippen LogP contribution in [-0.2, 0) is 0 Å². The maximum atomic E-state index is 9.66. The Morgan fingerprint density at radius 3 is 2.43 bits per heavy atom. The second-order valence-corrected chi connectivity index (χ2v) is 4.28. The molecule has 0 aliphatic carbocycles. The summed E-state index contributed by atoms with van der Waals surface area (Å²) in [5, 5.41) is 9.66. The van der Waals surface area contributed by atoms with Gasteiger partial charge < -0.3 is 9.84 Å². The lowest BCUT2D eigenvalue weighted by molar-refractivity contribution is 0.193. The van der Waals surface area contributed by atoms with E-state index in [1.54, 1.807) is 14.0 Å². The van der Waals surface area contributed by atoms with Crippen LogP contribution in [0.3, 0.4) is 0 Å². The van der Waals surface area contributed by atoms with Gasteiger partial charge in [0, 0.05) is 10.0 Å². The van der Waals surface area contributed by atoms with Crippen LogP contribution < -0.4 is 4.74 Å². The average Bonchev–Trinajstić information content (AvgIpc) is 2.10. The van der Waals surface area contributed by atoms with Gasteiger partial charge in [-0.2, -0.15) is 0 Å². The summed E-state index contributed by atoms with van der Waals surface area (Å²) in [7, 11) is 1.63. The van der Waals surface area contributed by atoms with Gasteiger partial charge in [-0.15, -0.1) is 0 Å². The first-order valence-electron chi connectivity index (χ1n) is 4.50. The fourth-order valence-corrected chi connectivity index (χ4v) is 2.21. The Bertz CT molecular complexity index is 346. The summed E-state index contributed by atoms with van der Waals surface area (Å²) < 4.78 is 6.30. The molecule has 0 unspecified atom stereocenters. The van der Waals surface area contributed by atoms with Crippen molar-refractivity contribution in [2.45, 2.75) is 26.9 Å². The van der Waals surface area contributed by atoms with Crippen LogP contribution in [0.25, 0.3) is 0 Å². The first kappa shape index (κ1) is 11.5. The van der Waals surface area contributed by atoms with Gasteiger partial charge in [-0.3, -0.25) is 0 Å². The number of benzene rings is 1. The third-order valence-electron chi connectivity index (χ3n) is 2.33. The zero-order valence-corrected chi connectivity index (χ0v) is 10.5. The van der Waals surface area contributed by atoms with Crippen molar-refractivity contribution >= 4 is 15.9 Å². The Morgan fingerprint density at radius 2 is 2.00 bits per heavy atom. The van der Waals surface area contributed by atoms with Crippen molar-refractivity contribution in [3.05, 3.63) is 27.2 Å². The Hall–Kier alpha value is -0.540. The molecule has 2 nitrogen and oxygen atoms in total. The Balaban J connectivity index is 3.48. The quantitative estimate of drug-likeness (QED) is 0.884. The van der Waals surface area contributed by atoms with E-state index in [9.17, 15) is 5.11 Å². The normalized spacial score (nSPS) is 12.7. The maximum absolute atomic E-state index is 9.66. The van der Waals surface area contributed by atoms with Gasteiger partial charge in [-0.1, -0.05) is 15.9 Å². The van der Waals surface area contributed by atoms with Gasteiger partial charge in [0.2, 0.25) is 0 Å². The number of rotatable bonds is 2. The van der Waals surface area contributed by atoms with E-state index in [0.717, 1.165) is 26.9 Å². The van der Waals surface area contributed by atoms with Crippen LogP contribution in [0.5, 0.6) is 5.75 Å². The number of halogens is 1. The van der Waals surface area contributed by atoms with E-state index in [4.69, 9.17) is 4.74 Å². The molecule has 0 aromatic heterocycles. The lowest BCUT2D eigenvalue weighted by Gasteiger charge is -2.17. The number of methoxy groups -OCH3 is 1. The third-order valence-corrected chi connectivity index (χ3v) is 3.15. The minimum absolute atomic E-state index is 0.513. The molecule has 0 aliphatic rings. The number of aliphatic hydroxyl groups is 1. The molecule has 0 aliphatic heterocycles. The standard InChI is InChI=1S/C11H15BrO2/c1-6-5-9(12)7(2)10(8(3)13)11(6)14-4/h5,8,13H,1-4H3/t8-/m1/s1. The molecule has 0 amide bonds. The van der Waals surface area contributed by atoms with Gasteiger partial charge >= 0.3 is 0 Å². The smallest absolute Gasteiger partial charge is 0.127 e. The molecule has 1 atom stereocenters. The van der Waals surface area contributed by atoms with Gasteiger partial charge in [0.15, 0.2) is 0 Å². The molecule has 0 saturated heterocycles. The maximum Gasteiger partial charge on any atom is 0.127 e. The van der Waals surface area contributed by atoms with Crippen molar-refractivity contribution in [1.29, 1.82) is 0 Å². The molecule has 0 saturated carbocycles. The number of ether oxygens (including phenoxy) is 1. The van der Waals surface area contributed by atoms with Gasteiger partial charge in [0.1, 0.15) is 5.75 Å². The van der Waals surface area contributed by atoms with E-state index in [1.165, 1.54) is 0 Å². The molecular weight excluding hydrogens is 244 g/mol. The van der Waals surface area contributed by atoms with Crippen LogP contribution in [0.2, 0.25) is 0 Å². The van der Waals surface area contributed by atoms with E-state index in [1.807, 2.05) is 19.9 Å². The highest BCUT2D eigenvalue weighted by molar-refractivity contribution is 9.10. The molecule has 78 valence electrons. The average molecular weight is 259 g/mol. The van der Waals surface area contributed by atoms with Crippen LogP contribution in [0.4, 0.5) is 0 Å². The second-order valence-electron chi connectivity index (χ2n) is 3.42. The molecule has 0 heterocycles. The summed E-state index contributed by atoms with van der Waals surface area (Å²) in [4.78, 5) is 0. The lowest BCUT2D eigenvalue weighted by Crippen LogP contribution is -2.02. The van der Waals surface area contributed by atoms with Crippen molar-refractivity contribution in [2.75, 3.05) is 7.11 Å². The van der Waals surface area contributed by atoms with E-state index in [0.29, 0.717) is 0 Å². The van der Waals surface area contributed by atoms with Crippen molar-refractivity contribution < 1.29 is 9.84 Å². The largest absolute Gasteiger partial charge is 0.496 e. The summed E-state index contributed by atoms with van der Waals surface area (Å²) in [6.45, 7) is 5.68. The fourth-order valence-electron chi connectivity index (χ4n) is 1.65. The summed E-state index contributed by atoms with van der Waals surface area (Å²) in [6, 6.07) is 2.00. The molecule has 14 heavy (non-hydrogen) atoms. The molecule has 1 rings (SSSR count). The number of aryl methyl sites for hydroxylation is 1. The van der Waals surface area contributed by atoms with Crippen molar-refractivity contribution in [2.24, 2.45) is 0 Å². The Kier molecular flexibility index (Phi) is 3.56. The van der Waals surface area contributed by atoms with E-state index < -0.39 is 6.10 Å². The van der Waals surface area contributed by atoms with Crippen LogP contribution >= 0.6 is 15.9 Å². The third kappa shape index (κ3) is 1.93. The SMILES string of the molecule is COc1c(C)cc(Br)c(C)c1[C@@H](C)O. The molecule has 1 aromatic rings. The fraction of sp³-hybridized carbons (Fsp3) is 0.455. The molecular formula is C11H15BrO2. The Labute approximate surface area is 93.0 Å². The van der Waals surface area contributed by atoms with Gasteiger partial charge in [-0.25, -0.2) is 0 Å². The Morgan fingerprint density at radius 1 is 1.43 bits per heavy atom. The minimum atomic E-state index is -0.513. The topological polar surface area (TPSA) is 29.5 Å². The monoisotopic (exact) mass is 258 g/mol. The number of hydrogen-bond donors (Lipinski definition) is 1. The molecule has 0 radical (unpaired) electrons. The van der Waals surface area contributed by atoms with Crippen LogP contribution in [0, 0.1) is 13.8 Å². The van der Waals surface area contributed by atoms with Crippen molar-refractivity contribution in [1.82, 2.24) is 0 Å². The summed E-state index contributed by atoms with van der Waals surface area (Å²) >= 11 is 3.46. The number of hydrogen-bond acceptors (Lipinski definition) is 2. The number of aliphatic hydroxyl groups excluding tert-OH is 1. The molecule has 3 heteroatoms. The zero-order chi connectivity index (χ0) is 10.9. The summed E-state index contributed by atoms with van der Waals surface area (Å²) in [5.74, 6) is 0.778. The predicted molar refractivity (Wildman–Crippen MR) is 60.8 cm³/mol.